The summed E-state index contributed by atoms with van der Waals surface area (Å²) in [5.74, 6) is -2.86. The predicted molar refractivity (Wildman–Crippen MR) is 140 cm³/mol. The number of piperazine rings is 1. The third kappa shape index (κ3) is 4.75. The molecule has 0 spiro atoms. The number of benzene rings is 3. The minimum Gasteiger partial charge on any atom is -0.497 e. The Balaban J connectivity index is 1.25. The second kappa shape index (κ2) is 10.1. The van der Waals surface area contributed by atoms with Gasteiger partial charge in [-0.05, 0) is 59.7 Å². The van der Waals surface area contributed by atoms with Gasteiger partial charge in [0.25, 0.3) is 5.91 Å². The van der Waals surface area contributed by atoms with E-state index in [1.54, 1.807) is 32.2 Å². The van der Waals surface area contributed by atoms with Crippen LogP contribution in [0.2, 0.25) is 0 Å². The molecule has 1 atom stereocenters. The minimum absolute atomic E-state index is 0.00318. The summed E-state index contributed by atoms with van der Waals surface area (Å²) in [7, 11) is -2.54. The Morgan fingerprint density at radius 3 is 2.30 bits per heavy atom. The summed E-state index contributed by atoms with van der Waals surface area (Å²) in [5, 5.41) is 4.42. The second-order valence-electron chi connectivity index (χ2n) is 9.74. The van der Waals surface area contributed by atoms with Crippen LogP contribution in [0.25, 0.3) is 10.8 Å². The van der Waals surface area contributed by atoms with Gasteiger partial charge in [0.1, 0.15) is 17.8 Å². The first-order chi connectivity index (χ1) is 18.9. The lowest BCUT2D eigenvalue weighted by Crippen LogP contribution is -2.53. The largest absolute Gasteiger partial charge is 0.497 e. The fraction of sp³-hybridized carbons (Fsp3) is 0.296. The van der Waals surface area contributed by atoms with E-state index in [9.17, 15) is 31.6 Å². The molecule has 3 aromatic carbocycles. The number of sulfonamides is 1. The lowest BCUT2D eigenvalue weighted by atomic mass is 9.90. The van der Waals surface area contributed by atoms with Gasteiger partial charge < -0.3 is 15.0 Å². The summed E-state index contributed by atoms with van der Waals surface area (Å²) in [6, 6.07) is 12.5. The van der Waals surface area contributed by atoms with Crippen molar-refractivity contribution in [1.82, 2.24) is 19.4 Å². The monoisotopic (exact) mass is 572 g/mol. The van der Waals surface area contributed by atoms with E-state index in [-0.39, 0.29) is 26.2 Å². The van der Waals surface area contributed by atoms with Gasteiger partial charge in [-0.15, -0.1) is 0 Å². The first-order valence-electron chi connectivity index (χ1n) is 12.4. The SMILES string of the molecule is COc1ccc2cc([C@@]3(C)NC(=O)N(CC(=O)N4CCN(S(=O)(=O)c5ccc(F)c(F)c5)CC4)C3=O)ccc2c1. The van der Waals surface area contributed by atoms with Crippen LogP contribution >= 0.6 is 0 Å². The Labute approximate surface area is 229 Å². The van der Waals surface area contributed by atoms with Gasteiger partial charge in [0.2, 0.25) is 15.9 Å². The van der Waals surface area contributed by atoms with Gasteiger partial charge in [-0.25, -0.2) is 22.0 Å². The molecule has 13 heteroatoms. The molecule has 40 heavy (non-hydrogen) atoms. The molecule has 2 heterocycles. The van der Waals surface area contributed by atoms with Crippen LogP contribution in [0.5, 0.6) is 5.75 Å². The standard InChI is InChI=1S/C27H26F2N4O6S/c1-27(19-5-3-18-14-20(39-2)6-4-17(18)13-19)25(35)33(26(36)30-27)16-24(34)31-9-11-32(12-10-31)40(37,38)21-7-8-22(28)23(29)15-21/h3-8,13-15H,9-12,16H2,1-2H3,(H,30,36)/t27-/m1/s1. The predicted octanol–water partition coefficient (Wildman–Crippen LogP) is 2.43. The molecule has 2 aliphatic rings. The molecule has 1 N–H and O–H groups in total. The Kier molecular flexibility index (Phi) is 6.96. The molecular weight excluding hydrogens is 546 g/mol. The topological polar surface area (TPSA) is 116 Å². The highest BCUT2D eigenvalue weighted by molar-refractivity contribution is 7.89. The molecule has 5 rings (SSSR count). The quantitative estimate of drug-likeness (QED) is 0.454. The minimum atomic E-state index is -4.10. The number of halogens is 2. The third-order valence-electron chi connectivity index (χ3n) is 7.31. The molecule has 0 saturated carbocycles. The van der Waals surface area contributed by atoms with E-state index in [1.165, 1.54) is 4.90 Å². The zero-order chi connectivity index (χ0) is 28.8. The molecule has 2 fully saturated rings. The van der Waals surface area contributed by atoms with Crippen molar-refractivity contribution in [2.24, 2.45) is 0 Å². The third-order valence-corrected chi connectivity index (χ3v) is 9.21. The molecule has 0 bridgehead atoms. The van der Waals surface area contributed by atoms with Crippen molar-refractivity contribution in [2.75, 3.05) is 39.8 Å². The Bertz CT molecular complexity index is 1640. The number of hydrogen-bond acceptors (Lipinski definition) is 6. The molecule has 2 saturated heterocycles. The van der Waals surface area contributed by atoms with Crippen LogP contribution in [0, 0.1) is 11.6 Å². The van der Waals surface area contributed by atoms with Crippen LogP contribution in [-0.4, -0.2) is 80.2 Å². The molecule has 3 aromatic rings. The second-order valence-corrected chi connectivity index (χ2v) is 11.7. The molecule has 0 unspecified atom stereocenters. The number of ether oxygens (including phenoxy) is 1. The average molecular weight is 573 g/mol. The van der Waals surface area contributed by atoms with E-state index >= 15 is 0 Å². The van der Waals surface area contributed by atoms with E-state index in [0.29, 0.717) is 17.4 Å². The Morgan fingerprint density at radius 1 is 0.950 bits per heavy atom. The maximum atomic E-state index is 13.6. The van der Waals surface area contributed by atoms with Crippen LogP contribution in [-0.2, 0) is 25.2 Å². The van der Waals surface area contributed by atoms with Crippen LogP contribution in [0.1, 0.15) is 12.5 Å². The molecule has 0 aromatic heterocycles. The number of carbonyl (C=O) groups excluding carboxylic acids is 3. The number of nitrogens with one attached hydrogen (secondary N) is 1. The summed E-state index contributed by atoms with van der Waals surface area (Å²) < 4.78 is 58.8. The average Bonchev–Trinajstić information content (AvgIpc) is 3.17. The molecular formula is C27H26F2N4O6S. The van der Waals surface area contributed by atoms with Crippen molar-refractivity contribution in [2.45, 2.75) is 17.4 Å². The molecule has 210 valence electrons. The first-order valence-corrected chi connectivity index (χ1v) is 13.8. The Morgan fingerprint density at radius 2 is 1.62 bits per heavy atom. The van der Waals surface area contributed by atoms with Crippen molar-refractivity contribution < 1.29 is 36.3 Å². The van der Waals surface area contributed by atoms with E-state index in [0.717, 1.165) is 32.1 Å². The summed E-state index contributed by atoms with van der Waals surface area (Å²) in [6.45, 7) is 0.873. The maximum Gasteiger partial charge on any atom is 0.325 e. The number of carbonyl (C=O) groups is 3. The summed E-state index contributed by atoms with van der Waals surface area (Å²) in [4.78, 5) is 41.0. The lowest BCUT2D eigenvalue weighted by molar-refractivity contribution is -0.139. The molecule has 0 aliphatic carbocycles. The van der Waals surface area contributed by atoms with Crippen molar-refractivity contribution in [1.29, 1.82) is 0 Å². The highest BCUT2D eigenvalue weighted by Crippen LogP contribution is 2.32. The number of urea groups is 1. The van der Waals surface area contributed by atoms with Crippen molar-refractivity contribution in [3.8, 4) is 5.75 Å². The van der Waals surface area contributed by atoms with Gasteiger partial charge >= 0.3 is 6.03 Å². The summed E-state index contributed by atoms with van der Waals surface area (Å²) >= 11 is 0. The number of methoxy groups -OCH3 is 1. The summed E-state index contributed by atoms with van der Waals surface area (Å²) in [6.07, 6.45) is 0. The van der Waals surface area contributed by atoms with Crippen LogP contribution in [0.15, 0.2) is 59.5 Å². The Hall–Kier alpha value is -4.10. The number of nitrogens with zero attached hydrogens (tertiary/aromatic N) is 3. The number of hydrogen-bond donors (Lipinski definition) is 1. The summed E-state index contributed by atoms with van der Waals surface area (Å²) in [5.41, 5.74) is -0.836. The normalized spacial score (nSPS) is 20.2. The van der Waals surface area contributed by atoms with Crippen molar-refractivity contribution >= 4 is 38.6 Å². The van der Waals surface area contributed by atoms with E-state index in [1.807, 2.05) is 18.2 Å². The fourth-order valence-electron chi connectivity index (χ4n) is 4.90. The lowest BCUT2D eigenvalue weighted by Gasteiger charge is -2.34. The zero-order valence-electron chi connectivity index (χ0n) is 21.7. The van der Waals surface area contributed by atoms with Gasteiger partial charge in [-0.2, -0.15) is 4.31 Å². The fourth-order valence-corrected chi connectivity index (χ4v) is 6.33. The van der Waals surface area contributed by atoms with E-state index in [2.05, 4.69) is 5.32 Å². The molecule has 2 aliphatic heterocycles. The highest BCUT2D eigenvalue weighted by atomic mass is 32.2. The van der Waals surface area contributed by atoms with Crippen molar-refractivity contribution in [3.63, 3.8) is 0 Å². The highest BCUT2D eigenvalue weighted by Gasteiger charge is 2.50. The molecule has 0 radical (unpaired) electrons. The first kappa shape index (κ1) is 27.5. The number of fused-ring (bicyclic) bond motifs is 1. The smallest absolute Gasteiger partial charge is 0.325 e. The number of rotatable bonds is 6. The van der Waals surface area contributed by atoms with Crippen LogP contribution in [0.4, 0.5) is 13.6 Å². The van der Waals surface area contributed by atoms with E-state index in [4.69, 9.17) is 4.74 Å². The van der Waals surface area contributed by atoms with Gasteiger partial charge in [0, 0.05) is 26.2 Å². The van der Waals surface area contributed by atoms with E-state index < -0.39 is 56.5 Å². The van der Waals surface area contributed by atoms with Crippen LogP contribution < -0.4 is 10.1 Å². The number of amides is 4. The van der Waals surface area contributed by atoms with Crippen molar-refractivity contribution in [3.05, 3.63) is 71.8 Å². The van der Waals surface area contributed by atoms with Crippen LogP contribution in [0.3, 0.4) is 0 Å². The zero-order valence-corrected chi connectivity index (χ0v) is 22.5. The van der Waals surface area contributed by atoms with Gasteiger partial charge in [-0.3, -0.25) is 14.5 Å². The maximum absolute atomic E-state index is 13.6. The van der Waals surface area contributed by atoms with Gasteiger partial charge in [-0.1, -0.05) is 18.2 Å². The molecule has 10 nitrogen and oxygen atoms in total. The molecule has 4 amide bonds. The number of imide groups is 1. The van der Waals surface area contributed by atoms with Gasteiger partial charge in [0.15, 0.2) is 11.6 Å². The van der Waals surface area contributed by atoms with Gasteiger partial charge in [0.05, 0.1) is 12.0 Å².